The van der Waals surface area contributed by atoms with E-state index in [1.165, 1.54) is 10.8 Å². The van der Waals surface area contributed by atoms with Crippen LogP contribution in [-0.4, -0.2) is 72.2 Å². The lowest BCUT2D eigenvalue weighted by Crippen LogP contribution is -2.41. The Balaban J connectivity index is 2.24. The van der Waals surface area contributed by atoms with Crippen LogP contribution in [-0.2, 0) is 15.8 Å². The zero-order chi connectivity index (χ0) is 23.1. The molecule has 0 spiro atoms. The average Bonchev–Trinajstić information content (AvgIpc) is 2.86. The van der Waals surface area contributed by atoms with Gasteiger partial charge in [-0.15, -0.1) is 13.2 Å². The number of anilines is 1. The SMILES string of the molecule is C=P(C)(C)CC[C@H]1O[C@@H](n2cc(CO[Si](C)(C)C(C)(C)C)c(N)nc2=O)[C@H](O)[C@@H]1O. The molecule has 1 aromatic rings. The van der Waals surface area contributed by atoms with Crippen molar-refractivity contribution in [2.75, 3.05) is 25.2 Å². The van der Waals surface area contributed by atoms with Crippen molar-refractivity contribution >= 4 is 27.3 Å². The Hall–Kier alpha value is -0.963. The Morgan fingerprint density at radius 3 is 2.47 bits per heavy atom. The van der Waals surface area contributed by atoms with Gasteiger partial charge in [0.2, 0.25) is 0 Å². The van der Waals surface area contributed by atoms with E-state index in [0.29, 0.717) is 12.0 Å². The van der Waals surface area contributed by atoms with Crippen molar-refractivity contribution in [3.05, 3.63) is 22.2 Å². The summed E-state index contributed by atoms with van der Waals surface area (Å²) in [5.41, 5.74) is 5.89. The highest BCUT2D eigenvalue weighted by Gasteiger charge is 2.44. The van der Waals surface area contributed by atoms with Gasteiger partial charge in [0.05, 0.1) is 12.7 Å². The molecule has 8 nitrogen and oxygen atoms in total. The van der Waals surface area contributed by atoms with Crippen LogP contribution in [0.3, 0.4) is 0 Å². The van der Waals surface area contributed by atoms with E-state index in [-0.39, 0.29) is 17.5 Å². The van der Waals surface area contributed by atoms with Crippen molar-refractivity contribution in [1.82, 2.24) is 9.55 Å². The van der Waals surface area contributed by atoms with Gasteiger partial charge in [-0.1, -0.05) is 20.8 Å². The zero-order valence-corrected chi connectivity index (χ0v) is 21.1. The first-order valence-corrected chi connectivity index (χ1v) is 16.2. The van der Waals surface area contributed by atoms with Crippen molar-refractivity contribution < 1.29 is 19.4 Å². The third-order valence-corrected chi connectivity index (χ3v) is 12.0. The molecule has 4 N–H and O–H groups in total. The summed E-state index contributed by atoms with van der Waals surface area (Å²) in [4.78, 5) is 16.4. The maximum absolute atomic E-state index is 12.5. The van der Waals surface area contributed by atoms with Crippen LogP contribution >= 0.6 is 6.89 Å². The summed E-state index contributed by atoms with van der Waals surface area (Å²) in [7, 11) is -2.03. The van der Waals surface area contributed by atoms with Gasteiger partial charge in [-0.3, -0.25) is 4.57 Å². The van der Waals surface area contributed by atoms with E-state index in [1.54, 1.807) is 0 Å². The van der Waals surface area contributed by atoms with E-state index in [4.69, 9.17) is 14.9 Å². The van der Waals surface area contributed by atoms with Crippen molar-refractivity contribution in [2.45, 2.75) is 76.5 Å². The number of nitrogens with two attached hydrogens (primary N) is 1. The molecular formula is C20H38N3O5PSi. The molecule has 0 unspecified atom stereocenters. The summed E-state index contributed by atoms with van der Waals surface area (Å²) >= 11 is 0. The molecule has 1 fully saturated rings. The molecule has 172 valence electrons. The number of nitrogens with zero attached hydrogens (tertiary/aromatic N) is 2. The highest BCUT2D eigenvalue weighted by molar-refractivity contribution is 7.72. The largest absolute Gasteiger partial charge is 0.412 e. The molecular weight excluding hydrogens is 421 g/mol. The summed E-state index contributed by atoms with van der Waals surface area (Å²) in [6, 6.07) is 0. The first-order chi connectivity index (χ1) is 13.5. The van der Waals surface area contributed by atoms with Gasteiger partial charge >= 0.3 is 5.69 Å². The van der Waals surface area contributed by atoms with Gasteiger partial charge in [-0.25, -0.2) is 4.79 Å². The number of aliphatic hydroxyl groups excluding tert-OH is 2. The minimum atomic E-state index is -2.03. The molecule has 4 atom stereocenters. The molecule has 10 heteroatoms. The highest BCUT2D eigenvalue weighted by atomic mass is 31.2. The molecule has 0 aromatic carbocycles. The van der Waals surface area contributed by atoms with Gasteiger partial charge in [0.15, 0.2) is 14.5 Å². The lowest BCUT2D eigenvalue weighted by atomic mass is 10.1. The minimum absolute atomic E-state index is 0.0241. The number of aromatic nitrogens is 2. The number of nitrogen functional groups attached to an aromatic ring is 1. The molecule has 1 aliphatic heterocycles. The smallest absolute Gasteiger partial charge is 0.351 e. The maximum Gasteiger partial charge on any atom is 0.351 e. The Morgan fingerprint density at radius 1 is 1.33 bits per heavy atom. The van der Waals surface area contributed by atoms with Crippen molar-refractivity contribution in [3.63, 3.8) is 0 Å². The number of ether oxygens (including phenoxy) is 1. The highest BCUT2D eigenvalue weighted by Crippen LogP contribution is 2.40. The Morgan fingerprint density at radius 2 is 1.93 bits per heavy atom. The van der Waals surface area contributed by atoms with Gasteiger partial charge in [0.25, 0.3) is 0 Å². The number of hydrogen-bond donors (Lipinski definition) is 3. The monoisotopic (exact) mass is 459 g/mol. The van der Waals surface area contributed by atoms with E-state index in [2.05, 4.69) is 58.5 Å². The fourth-order valence-electron chi connectivity index (χ4n) is 2.96. The van der Waals surface area contributed by atoms with Crippen molar-refractivity contribution in [2.24, 2.45) is 0 Å². The molecule has 2 rings (SSSR count). The van der Waals surface area contributed by atoms with Gasteiger partial charge in [-0.2, -0.15) is 4.98 Å². The first kappa shape index (κ1) is 25.3. The molecule has 2 heterocycles. The standard InChI is InChI=1S/C20H38N3O5PSi/c1-20(2,3)30(7,8)27-12-13-11-23(19(26)22-17(13)21)18-16(25)15(24)14(28-18)9-10-29(4,5)6/h11,14-16,18,24-25H,4,9-10,12H2,1-3,5-8H3,(H2,21,22,26)/t14-,15-,16-,18-/m1/s1. The summed E-state index contributed by atoms with van der Waals surface area (Å²) in [5, 5.41) is 21.0. The molecule has 1 aliphatic rings. The lowest BCUT2D eigenvalue weighted by molar-refractivity contribution is -0.0403. The Labute approximate surface area is 180 Å². The fraction of sp³-hybridized carbons (Fsp3) is 0.750. The quantitative estimate of drug-likeness (QED) is 0.422. The number of rotatable bonds is 7. The third kappa shape index (κ3) is 5.84. The van der Waals surface area contributed by atoms with Crippen LogP contribution in [0.1, 0.15) is 39.0 Å². The second kappa shape index (κ2) is 8.88. The summed E-state index contributed by atoms with van der Waals surface area (Å²) in [5.74, 6) is 0.100. The molecule has 0 saturated carbocycles. The molecule has 1 aromatic heterocycles. The molecule has 30 heavy (non-hydrogen) atoms. The van der Waals surface area contributed by atoms with E-state index in [0.717, 1.165) is 6.16 Å². The molecule has 0 amide bonds. The van der Waals surface area contributed by atoms with E-state index in [1.807, 2.05) is 0 Å². The lowest BCUT2D eigenvalue weighted by Gasteiger charge is -2.36. The average molecular weight is 460 g/mol. The summed E-state index contributed by atoms with van der Waals surface area (Å²) in [6.07, 6.45) is 3.16. The predicted molar refractivity (Wildman–Crippen MR) is 126 cm³/mol. The summed E-state index contributed by atoms with van der Waals surface area (Å²) < 4.78 is 13.3. The molecule has 0 aliphatic carbocycles. The third-order valence-electron chi connectivity index (χ3n) is 6.09. The van der Waals surface area contributed by atoms with Crippen LogP contribution in [0.25, 0.3) is 0 Å². The van der Waals surface area contributed by atoms with Crippen LogP contribution < -0.4 is 11.4 Å². The van der Waals surface area contributed by atoms with Crippen molar-refractivity contribution in [3.8, 4) is 0 Å². The van der Waals surface area contributed by atoms with Crippen LogP contribution in [0.2, 0.25) is 18.1 Å². The number of hydrogen-bond acceptors (Lipinski definition) is 7. The summed E-state index contributed by atoms with van der Waals surface area (Å²) in [6.45, 7) is 13.8. The van der Waals surface area contributed by atoms with Crippen LogP contribution in [0.5, 0.6) is 0 Å². The van der Waals surface area contributed by atoms with Crippen LogP contribution in [0.4, 0.5) is 5.82 Å². The second-order valence-corrected chi connectivity index (χ2v) is 19.5. The van der Waals surface area contributed by atoms with Gasteiger partial charge in [-0.05, 0) is 44.0 Å². The van der Waals surface area contributed by atoms with Crippen molar-refractivity contribution in [1.29, 1.82) is 0 Å². The Bertz CT molecular complexity index is 861. The van der Waals surface area contributed by atoms with E-state index < -0.39 is 45.4 Å². The predicted octanol–water partition coefficient (Wildman–Crippen LogP) is 2.07. The van der Waals surface area contributed by atoms with Gasteiger partial charge in [0, 0.05) is 11.8 Å². The second-order valence-electron chi connectivity index (χ2n) is 10.4. The van der Waals surface area contributed by atoms with Crippen LogP contribution in [0, 0.1) is 0 Å². The molecule has 0 bridgehead atoms. The zero-order valence-electron chi connectivity index (χ0n) is 19.3. The molecule has 1 saturated heterocycles. The number of aliphatic hydroxyl groups is 2. The minimum Gasteiger partial charge on any atom is -0.412 e. The van der Waals surface area contributed by atoms with Crippen LogP contribution in [0.15, 0.2) is 11.0 Å². The van der Waals surface area contributed by atoms with E-state index >= 15 is 0 Å². The maximum atomic E-state index is 12.5. The first-order valence-electron chi connectivity index (χ1n) is 10.2. The molecule has 0 radical (unpaired) electrons. The fourth-order valence-corrected chi connectivity index (χ4v) is 4.87. The van der Waals surface area contributed by atoms with E-state index in [9.17, 15) is 15.0 Å². The Kier molecular flexibility index (Phi) is 7.49. The topological polar surface area (TPSA) is 120 Å². The normalized spacial score (nSPS) is 25.6. The van der Waals surface area contributed by atoms with Gasteiger partial charge in [0.1, 0.15) is 18.0 Å². The van der Waals surface area contributed by atoms with Gasteiger partial charge < -0.3 is 25.1 Å².